The number of unbranched alkanes of at least 4 members (excludes halogenated alkanes) is 2. The van der Waals surface area contributed by atoms with Gasteiger partial charge in [-0.3, -0.25) is 0 Å². The maximum Gasteiger partial charge on any atom is 0.241 e. The van der Waals surface area contributed by atoms with Crippen LogP contribution in [-0.2, 0) is 0 Å². The number of allylic oxidation sites excluding steroid dienone is 1. The lowest BCUT2D eigenvalue weighted by Crippen LogP contribution is -1.85. The van der Waals surface area contributed by atoms with Gasteiger partial charge in [0.05, 0.1) is 0 Å². The molecule has 0 fully saturated rings. The summed E-state index contributed by atoms with van der Waals surface area (Å²) in [6.07, 6.45) is 6.33. The second-order valence-corrected chi connectivity index (χ2v) is 4.48. The van der Waals surface area contributed by atoms with Gasteiger partial charge in [0, 0.05) is 0 Å². The van der Waals surface area contributed by atoms with Crippen LogP contribution in [0.1, 0.15) is 26.2 Å². The lowest BCUT2D eigenvalue weighted by atomic mass is 10.3. The van der Waals surface area contributed by atoms with E-state index < -0.39 is 0 Å². The molecule has 0 aromatic rings. The monoisotopic (exact) mass is 140 g/mol. The molecule has 0 rings (SSSR count). The van der Waals surface area contributed by atoms with Crippen LogP contribution in [0.15, 0.2) is 12.7 Å². The fourth-order valence-electron chi connectivity index (χ4n) is 0.892. The van der Waals surface area contributed by atoms with Gasteiger partial charge in [0.15, 0.2) is 0 Å². The molecule has 0 aliphatic rings. The fraction of sp³-hybridized carbons (Fsp3) is 0.750. The van der Waals surface area contributed by atoms with E-state index in [1.165, 1.54) is 29.8 Å². The molecule has 0 bridgehead atoms. The molecule has 0 heterocycles. The normalized spacial score (nSPS) is 9.00. The van der Waals surface area contributed by atoms with Gasteiger partial charge in [-0.15, -0.1) is 12.7 Å². The highest BCUT2D eigenvalue weighted by atomic mass is 27.1. The minimum atomic E-state index is 0.273. The van der Waals surface area contributed by atoms with E-state index in [-0.39, 0.29) is 15.2 Å². The summed E-state index contributed by atoms with van der Waals surface area (Å²) in [5, 5.41) is 2.86. The SMILES string of the molecule is C=C[CH2][AlH][CH2]CCCC. The standard InChI is InChI=1S/C5H11.C3H5.Al.H/c1-3-5-4-2;1-3-2;;/h1,3-5H2,2H3;3H,1-2H2;;. The average Bonchev–Trinajstić information content (AvgIpc) is 1.89. The van der Waals surface area contributed by atoms with Crippen LogP contribution in [-0.4, -0.2) is 15.2 Å². The summed E-state index contributed by atoms with van der Waals surface area (Å²) in [5.74, 6) is 0. The molecule has 0 atom stereocenters. The molecule has 0 saturated carbocycles. The summed E-state index contributed by atoms with van der Waals surface area (Å²) in [4.78, 5) is 0. The Hall–Kier alpha value is 0.272. The van der Waals surface area contributed by atoms with Crippen LogP contribution in [0, 0.1) is 0 Å². The van der Waals surface area contributed by atoms with Crippen molar-refractivity contribution < 1.29 is 0 Å². The van der Waals surface area contributed by atoms with Crippen molar-refractivity contribution in [2.45, 2.75) is 36.8 Å². The van der Waals surface area contributed by atoms with Crippen LogP contribution in [0.25, 0.3) is 0 Å². The molecule has 9 heavy (non-hydrogen) atoms. The Morgan fingerprint density at radius 3 is 2.78 bits per heavy atom. The number of hydrogen-bond acceptors (Lipinski definition) is 0. The molecule has 0 radical (unpaired) electrons. The van der Waals surface area contributed by atoms with Crippen molar-refractivity contribution in [3.63, 3.8) is 0 Å². The molecular weight excluding hydrogens is 123 g/mol. The van der Waals surface area contributed by atoms with Crippen LogP contribution >= 0.6 is 0 Å². The van der Waals surface area contributed by atoms with Gasteiger partial charge in [0.1, 0.15) is 0 Å². The lowest BCUT2D eigenvalue weighted by molar-refractivity contribution is 0.768. The van der Waals surface area contributed by atoms with Gasteiger partial charge in [0.25, 0.3) is 0 Å². The molecule has 0 aromatic heterocycles. The van der Waals surface area contributed by atoms with Crippen molar-refractivity contribution >= 4 is 15.2 Å². The summed E-state index contributed by atoms with van der Waals surface area (Å²) in [6, 6.07) is 0. The minimum absolute atomic E-state index is 0.273. The Kier molecular flexibility index (Phi) is 8.52. The Labute approximate surface area is 65.1 Å². The fourth-order valence-corrected chi connectivity index (χ4v) is 2.18. The van der Waals surface area contributed by atoms with Crippen LogP contribution in [0.3, 0.4) is 0 Å². The summed E-state index contributed by atoms with van der Waals surface area (Å²) in [7, 11) is 0. The molecule has 0 spiro atoms. The van der Waals surface area contributed by atoms with Crippen molar-refractivity contribution in [2.75, 3.05) is 0 Å². The van der Waals surface area contributed by atoms with Crippen LogP contribution in [0.4, 0.5) is 0 Å². The number of rotatable bonds is 6. The maximum atomic E-state index is 3.71. The molecule has 0 nitrogen and oxygen atoms in total. The van der Waals surface area contributed by atoms with E-state index in [0.29, 0.717) is 0 Å². The quantitative estimate of drug-likeness (QED) is 0.302. The first-order valence-corrected chi connectivity index (χ1v) is 6.02. The molecule has 0 aromatic carbocycles. The zero-order valence-electron chi connectivity index (χ0n) is 6.53. The van der Waals surface area contributed by atoms with Crippen LogP contribution in [0.5, 0.6) is 0 Å². The van der Waals surface area contributed by atoms with Gasteiger partial charge in [-0.25, -0.2) is 0 Å². The third kappa shape index (κ3) is 8.27. The smallest absolute Gasteiger partial charge is 0.105 e. The third-order valence-corrected chi connectivity index (χ3v) is 3.33. The topological polar surface area (TPSA) is 0 Å². The molecule has 0 amide bonds. The third-order valence-electron chi connectivity index (χ3n) is 1.51. The summed E-state index contributed by atoms with van der Waals surface area (Å²) in [5.41, 5.74) is 0. The molecule has 0 saturated heterocycles. The number of hydrogen-bond donors (Lipinski definition) is 0. The van der Waals surface area contributed by atoms with Crippen LogP contribution < -0.4 is 0 Å². The predicted molar refractivity (Wildman–Crippen MR) is 46.5 cm³/mol. The predicted octanol–water partition coefficient (Wildman–Crippen LogP) is 2.64. The summed E-state index contributed by atoms with van der Waals surface area (Å²) in [6.45, 7) is 5.97. The highest BCUT2D eigenvalue weighted by Crippen LogP contribution is 1.99. The average molecular weight is 140 g/mol. The highest BCUT2D eigenvalue weighted by Gasteiger charge is 1.88. The van der Waals surface area contributed by atoms with E-state index in [1.54, 1.807) is 0 Å². The first kappa shape index (κ1) is 9.27. The van der Waals surface area contributed by atoms with Gasteiger partial charge in [-0.2, -0.15) is 0 Å². The molecule has 0 aliphatic heterocycles. The van der Waals surface area contributed by atoms with E-state index in [4.69, 9.17) is 0 Å². The maximum absolute atomic E-state index is 3.71. The molecular formula is C8H17Al. The zero-order valence-corrected chi connectivity index (χ0v) is 7.94. The summed E-state index contributed by atoms with van der Waals surface area (Å²) >= 11 is 0.273. The molecule has 0 unspecified atom stereocenters. The van der Waals surface area contributed by atoms with E-state index >= 15 is 0 Å². The Bertz CT molecular complexity index is 59.6. The van der Waals surface area contributed by atoms with Gasteiger partial charge >= 0.3 is 0 Å². The minimum Gasteiger partial charge on any atom is -0.105 e. The Morgan fingerprint density at radius 2 is 2.22 bits per heavy atom. The highest BCUT2D eigenvalue weighted by molar-refractivity contribution is 6.35. The van der Waals surface area contributed by atoms with Crippen molar-refractivity contribution in [1.29, 1.82) is 0 Å². The first-order chi connectivity index (χ1) is 4.41. The van der Waals surface area contributed by atoms with E-state index in [0.717, 1.165) is 0 Å². The zero-order chi connectivity index (χ0) is 6.95. The van der Waals surface area contributed by atoms with Gasteiger partial charge in [-0.05, 0) is 0 Å². The first-order valence-electron chi connectivity index (χ1n) is 4.02. The second kappa shape index (κ2) is 8.27. The Balaban J connectivity index is 2.66. The van der Waals surface area contributed by atoms with Crippen molar-refractivity contribution in [2.24, 2.45) is 0 Å². The van der Waals surface area contributed by atoms with Crippen molar-refractivity contribution in [3.05, 3.63) is 12.7 Å². The molecule has 0 N–H and O–H groups in total. The Morgan fingerprint density at radius 1 is 1.44 bits per heavy atom. The lowest BCUT2D eigenvalue weighted by Gasteiger charge is -1.92. The van der Waals surface area contributed by atoms with E-state index in [2.05, 4.69) is 19.6 Å². The van der Waals surface area contributed by atoms with Crippen molar-refractivity contribution in [3.8, 4) is 0 Å². The molecule has 52 valence electrons. The second-order valence-electron chi connectivity index (χ2n) is 2.49. The van der Waals surface area contributed by atoms with Crippen molar-refractivity contribution in [1.82, 2.24) is 0 Å². The van der Waals surface area contributed by atoms with Gasteiger partial charge in [-0.1, -0.05) is 36.8 Å². The van der Waals surface area contributed by atoms with E-state index in [1.807, 2.05) is 0 Å². The summed E-state index contributed by atoms with van der Waals surface area (Å²) < 4.78 is 0. The molecule has 1 heteroatoms. The van der Waals surface area contributed by atoms with Gasteiger partial charge < -0.3 is 0 Å². The van der Waals surface area contributed by atoms with E-state index in [9.17, 15) is 0 Å². The largest absolute Gasteiger partial charge is 0.241 e. The van der Waals surface area contributed by atoms with Crippen LogP contribution in [0.2, 0.25) is 10.6 Å². The van der Waals surface area contributed by atoms with Gasteiger partial charge in [0.2, 0.25) is 15.2 Å². The molecule has 0 aliphatic carbocycles.